The van der Waals surface area contributed by atoms with Crippen molar-refractivity contribution in [1.82, 2.24) is 4.90 Å². The fourth-order valence-electron chi connectivity index (χ4n) is 3.11. The Morgan fingerprint density at radius 2 is 1.92 bits per heavy atom. The van der Waals surface area contributed by atoms with Gasteiger partial charge in [-0.3, -0.25) is 4.90 Å². The van der Waals surface area contributed by atoms with Gasteiger partial charge in [-0.15, -0.1) is 11.5 Å². The molecule has 4 heteroatoms. The van der Waals surface area contributed by atoms with Crippen molar-refractivity contribution in [1.29, 1.82) is 0 Å². The largest absolute Gasteiger partial charge is 0.444 e. The Kier molecular flexibility index (Phi) is 6.12. The standard InChI is InChI=1S/C20H29NO2Si/c1-6-10-18(13-14-24(3,4)5)19-16(2)23-20(22)21(19)15-17-11-8-7-9-12-17/h7-9,11-12,16,18-19H,6,10,15H2,1-5H3/t16-,18-,19-/m1/s1. The first-order chi connectivity index (χ1) is 11.3. The number of cyclic esters (lactones) is 1. The summed E-state index contributed by atoms with van der Waals surface area (Å²) in [5.41, 5.74) is 4.63. The number of hydrogen-bond acceptors (Lipinski definition) is 2. The lowest BCUT2D eigenvalue weighted by Gasteiger charge is -2.28. The van der Waals surface area contributed by atoms with E-state index in [9.17, 15) is 4.79 Å². The van der Waals surface area contributed by atoms with E-state index in [-0.39, 0.29) is 24.2 Å². The lowest BCUT2D eigenvalue weighted by Crippen LogP contribution is -2.41. The van der Waals surface area contributed by atoms with Gasteiger partial charge in [0.15, 0.2) is 0 Å². The van der Waals surface area contributed by atoms with Crippen molar-refractivity contribution in [3.63, 3.8) is 0 Å². The highest BCUT2D eigenvalue weighted by Crippen LogP contribution is 2.29. The normalized spacial score (nSPS) is 21.9. The van der Waals surface area contributed by atoms with Gasteiger partial charge in [0, 0.05) is 12.5 Å². The van der Waals surface area contributed by atoms with E-state index in [0.29, 0.717) is 6.54 Å². The number of amides is 1. The number of carbonyl (C=O) groups excluding carboxylic acids is 1. The maximum atomic E-state index is 12.4. The van der Waals surface area contributed by atoms with E-state index in [1.54, 1.807) is 0 Å². The van der Waals surface area contributed by atoms with Crippen LogP contribution in [0.3, 0.4) is 0 Å². The Balaban J connectivity index is 2.27. The van der Waals surface area contributed by atoms with Crippen molar-refractivity contribution in [2.24, 2.45) is 5.92 Å². The topological polar surface area (TPSA) is 29.5 Å². The van der Waals surface area contributed by atoms with E-state index in [0.717, 1.165) is 18.4 Å². The molecule has 0 spiro atoms. The molecule has 1 aliphatic heterocycles. The van der Waals surface area contributed by atoms with Gasteiger partial charge in [0.1, 0.15) is 14.2 Å². The molecule has 1 aromatic carbocycles. The molecule has 3 nitrogen and oxygen atoms in total. The minimum atomic E-state index is -1.44. The first kappa shape index (κ1) is 18.6. The summed E-state index contributed by atoms with van der Waals surface area (Å²) in [6.07, 6.45) is 1.72. The number of hydrogen-bond donors (Lipinski definition) is 0. The zero-order valence-electron chi connectivity index (χ0n) is 15.5. The summed E-state index contributed by atoms with van der Waals surface area (Å²) in [5.74, 6) is 3.68. The molecule has 0 saturated carbocycles. The van der Waals surface area contributed by atoms with Gasteiger partial charge in [-0.05, 0) is 18.9 Å². The van der Waals surface area contributed by atoms with Gasteiger partial charge >= 0.3 is 6.09 Å². The Labute approximate surface area is 147 Å². The van der Waals surface area contributed by atoms with Crippen molar-refractivity contribution >= 4 is 14.2 Å². The summed E-state index contributed by atoms with van der Waals surface area (Å²) in [6.45, 7) is 11.5. The molecule has 130 valence electrons. The van der Waals surface area contributed by atoms with Crippen LogP contribution in [-0.2, 0) is 11.3 Å². The molecule has 1 amide bonds. The molecule has 0 aliphatic carbocycles. The molecule has 1 aliphatic rings. The molecule has 24 heavy (non-hydrogen) atoms. The zero-order chi connectivity index (χ0) is 17.7. The van der Waals surface area contributed by atoms with Crippen molar-refractivity contribution in [2.75, 3.05) is 0 Å². The lowest BCUT2D eigenvalue weighted by molar-refractivity contribution is 0.135. The molecule has 1 aromatic rings. The number of nitrogens with zero attached hydrogens (tertiary/aromatic N) is 1. The van der Waals surface area contributed by atoms with Gasteiger partial charge in [0.2, 0.25) is 0 Å². The average Bonchev–Trinajstić information content (AvgIpc) is 2.78. The van der Waals surface area contributed by atoms with Gasteiger partial charge in [0.05, 0.1) is 6.04 Å². The third-order valence-electron chi connectivity index (χ3n) is 4.20. The first-order valence-electron chi connectivity index (χ1n) is 8.85. The summed E-state index contributed by atoms with van der Waals surface area (Å²) in [6, 6.07) is 10.1. The highest BCUT2D eigenvalue weighted by Gasteiger charge is 2.42. The SMILES string of the molecule is CCC[C@H](C#C[Si](C)(C)C)[C@H]1[C@@H](C)OC(=O)N1Cc1ccccc1. The zero-order valence-corrected chi connectivity index (χ0v) is 16.5. The minimum Gasteiger partial charge on any atom is -0.444 e. The summed E-state index contributed by atoms with van der Waals surface area (Å²) in [5, 5.41) is 0. The smallest absolute Gasteiger partial charge is 0.410 e. The third-order valence-corrected chi connectivity index (χ3v) is 5.10. The van der Waals surface area contributed by atoms with E-state index in [4.69, 9.17) is 4.74 Å². The Bertz CT molecular complexity index is 612. The lowest BCUT2D eigenvalue weighted by atomic mass is 9.91. The van der Waals surface area contributed by atoms with Crippen LogP contribution < -0.4 is 0 Å². The van der Waals surface area contributed by atoms with Crippen LogP contribution >= 0.6 is 0 Å². The van der Waals surface area contributed by atoms with Crippen LogP contribution in [0.25, 0.3) is 0 Å². The molecular formula is C20H29NO2Si. The van der Waals surface area contributed by atoms with Crippen molar-refractivity contribution in [3.8, 4) is 11.5 Å². The molecule has 1 saturated heterocycles. The second-order valence-corrected chi connectivity index (χ2v) is 12.4. The monoisotopic (exact) mass is 343 g/mol. The molecular weight excluding hydrogens is 314 g/mol. The summed E-state index contributed by atoms with van der Waals surface area (Å²) >= 11 is 0. The van der Waals surface area contributed by atoms with E-state index < -0.39 is 8.07 Å². The van der Waals surface area contributed by atoms with E-state index in [1.807, 2.05) is 30.0 Å². The Morgan fingerprint density at radius 1 is 1.25 bits per heavy atom. The summed E-state index contributed by atoms with van der Waals surface area (Å²) in [7, 11) is -1.44. The fourth-order valence-corrected chi connectivity index (χ4v) is 3.73. The van der Waals surface area contributed by atoms with Crippen LogP contribution in [-0.4, -0.2) is 31.2 Å². The van der Waals surface area contributed by atoms with Gasteiger partial charge in [0.25, 0.3) is 0 Å². The second kappa shape index (κ2) is 7.89. The molecule has 2 rings (SSSR count). The van der Waals surface area contributed by atoms with Crippen molar-refractivity contribution < 1.29 is 9.53 Å². The number of benzene rings is 1. The second-order valence-electron chi connectivity index (χ2n) is 7.61. The van der Waals surface area contributed by atoms with Gasteiger partial charge < -0.3 is 4.74 Å². The van der Waals surface area contributed by atoms with Crippen LogP contribution in [0.4, 0.5) is 4.79 Å². The summed E-state index contributed by atoms with van der Waals surface area (Å²) in [4.78, 5) is 14.2. The van der Waals surface area contributed by atoms with Crippen LogP contribution in [0.5, 0.6) is 0 Å². The Morgan fingerprint density at radius 3 is 2.50 bits per heavy atom. The van der Waals surface area contributed by atoms with E-state index >= 15 is 0 Å². The molecule has 3 atom stereocenters. The molecule has 0 N–H and O–H groups in total. The van der Waals surface area contributed by atoms with Crippen molar-refractivity contribution in [3.05, 3.63) is 35.9 Å². The fraction of sp³-hybridized carbons (Fsp3) is 0.550. The molecule has 0 unspecified atom stereocenters. The number of ether oxygens (including phenoxy) is 1. The van der Waals surface area contributed by atoms with Crippen LogP contribution in [0.15, 0.2) is 30.3 Å². The van der Waals surface area contributed by atoms with Gasteiger partial charge in [-0.25, -0.2) is 4.79 Å². The predicted molar refractivity (Wildman–Crippen MR) is 101 cm³/mol. The van der Waals surface area contributed by atoms with E-state index in [2.05, 4.69) is 50.2 Å². The molecule has 1 heterocycles. The maximum absolute atomic E-state index is 12.4. The Hall–Kier alpha value is -1.73. The number of carbonyl (C=O) groups is 1. The minimum absolute atomic E-state index is 0.0292. The molecule has 1 fully saturated rings. The average molecular weight is 344 g/mol. The predicted octanol–water partition coefficient (Wildman–Crippen LogP) is 4.69. The third kappa shape index (κ3) is 4.88. The quantitative estimate of drug-likeness (QED) is 0.573. The van der Waals surface area contributed by atoms with Gasteiger partial charge in [-0.2, -0.15) is 0 Å². The number of rotatable bonds is 5. The highest BCUT2D eigenvalue weighted by molar-refractivity contribution is 6.83. The maximum Gasteiger partial charge on any atom is 0.410 e. The highest BCUT2D eigenvalue weighted by atomic mass is 28.3. The van der Waals surface area contributed by atoms with Crippen LogP contribution in [0.1, 0.15) is 32.3 Å². The summed E-state index contributed by atoms with van der Waals surface area (Å²) < 4.78 is 5.55. The first-order valence-corrected chi connectivity index (χ1v) is 12.4. The van der Waals surface area contributed by atoms with E-state index in [1.165, 1.54) is 0 Å². The van der Waals surface area contributed by atoms with Crippen LogP contribution in [0.2, 0.25) is 19.6 Å². The van der Waals surface area contributed by atoms with Gasteiger partial charge in [-0.1, -0.05) is 63.3 Å². The molecule has 0 bridgehead atoms. The van der Waals surface area contributed by atoms with Crippen LogP contribution in [0, 0.1) is 17.4 Å². The molecule has 0 aromatic heterocycles. The molecule has 0 radical (unpaired) electrons. The van der Waals surface area contributed by atoms with Crippen molar-refractivity contribution in [2.45, 2.75) is 65.0 Å².